The van der Waals surface area contributed by atoms with Gasteiger partial charge in [0.15, 0.2) is 0 Å². The minimum absolute atomic E-state index is 0.318. The molecule has 1 heterocycles. The quantitative estimate of drug-likeness (QED) is 0.875. The second-order valence-corrected chi connectivity index (χ2v) is 4.80. The van der Waals surface area contributed by atoms with E-state index in [1.54, 1.807) is 11.3 Å². The summed E-state index contributed by atoms with van der Waals surface area (Å²) in [6.45, 7) is 5.08. The minimum atomic E-state index is 0.318. The van der Waals surface area contributed by atoms with Gasteiger partial charge in [-0.1, -0.05) is 30.3 Å². The van der Waals surface area contributed by atoms with Gasteiger partial charge >= 0.3 is 0 Å². The van der Waals surface area contributed by atoms with E-state index in [2.05, 4.69) is 46.9 Å². The first kappa shape index (κ1) is 11.3. The van der Waals surface area contributed by atoms with E-state index in [0.29, 0.717) is 6.04 Å². The van der Waals surface area contributed by atoms with E-state index >= 15 is 0 Å². The zero-order chi connectivity index (χ0) is 11.4. The van der Waals surface area contributed by atoms with Crippen LogP contribution in [0, 0.1) is 6.92 Å². The lowest BCUT2D eigenvalue weighted by Gasteiger charge is -2.10. The van der Waals surface area contributed by atoms with E-state index in [4.69, 9.17) is 0 Å². The number of nitrogens with one attached hydrogen (secondary N) is 1. The van der Waals surface area contributed by atoms with Crippen molar-refractivity contribution in [3.05, 3.63) is 52.0 Å². The maximum Gasteiger partial charge on any atom is 0.110 e. The maximum absolute atomic E-state index is 4.48. The lowest BCUT2D eigenvalue weighted by molar-refractivity contribution is 0.571. The van der Waals surface area contributed by atoms with Crippen LogP contribution in [0.25, 0.3) is 0 Å². The summed E-state index contributed by atoms with van der Waals surface area (Å²) in [7, 11) is 0. The van der Waals surface area contributed by atoms with Gasteiger partial charge in [0, 0.05) is 17.6 Å². The van der Waals surface area contributed by atoms with Crippen LogP contribution in [0.5, 0.6) is 0 Å². The average molecular weight is 232 g/mol. The SMILES string of the molecule is Cc1csc(C(C)NCc2ccccc2)n1. The molecule has 0 aliphatic carbocycles. The fraction of sp³-hybridized carbons (Fsp3) is 0.308. The van der Waals surface area contributed by atoms with Gasteiger partial charge in [0.1, 0.15) is 5.01 Å². The Morgan fingerprint density at radius 1 is 1.31 bits per heavy atom. The Morgan fingerprint density at radius 3 is 2.69 bits per heavy atom. The maximum atomic E-state index is 4.48. The zero-order valence-electron chi connectivity index (χ0n) is 9.60. The number of benzene rings is 1. The van der Waals surface area contributed by atoms with Gasteiger partial charge in [0.2, 0.25) is 0 Å². The first-order valence-electron chi connectivity index (χ1n) is 5.45. The van der Waals surface area contributed by atoms with Crippen LogP contribution >= 0.6 is 11.3 Å². The number of hydrogen-bond acceptors (Lipinski definition) is 3. The van der Waals surface area contributed by atoms with Gasteiger partial charge in [-0.3, -0.25) is 0 Å². The molecule has 1 N–H and O–H groups in total. The number of aromatic nitrogens is 1. The third kappa shape index (κ3) is 2.90. The van der Waals surface area contributed by atoms with Gasteiger partial charge in [-0.2, -0.15) is 0 Å². The average Bonchev–Trinajstić information content (AvgIpc) is 2.74. The van der Waals surface area contributed by atoms with Crippen LogP contribution in [0.3, 0.4) is 0 Å². The van der Waals surface area contributed by atoms with Crippen LogP contribution in [0.4, 0.5) is 0 Å². The first-order chi connectivity index (χ1) is 7.75. The summed E-state index contributed by atoms with van der Waals surface area (Å²) in [6, 6.07) is 10.8. The molecular formula is C13H16N2S. The van der Waals surface area contributed by atoms with Gasteiger partial charge < -0.3 is 5.32 Å². The predicted octanol–water partition coefficient (Wildman–Crippen LogP) is 3.30. The molecule has 1 unspecified atom stereocenters. The van der Waals surface area contributed by atoms with Gasteiger partial charge in [-0.25, -0.2) is 4.98 Å². The van der Waals surface area contributed by atoms with Crippen molar-refractivity contribution in [1.82, 2.24) is 10.3 Å². The summed E-state index contributed by atoms with van der Waals surface area (Å²) in [4.78, 5) is 4.48. The smallest absolute Gasteiger partial charge is 0.110 e. The molecule has 84 valence electrons. The number of hydrogen-bond donors (Lipinski definition) is 1. The fourth-order valence-corrected chi connectivity index (χ4v) is 2.35. The molecule has 2 rings (SSSR count). The summed E-state index contributed by atoms with van der Waals surface area (Å²) in [5.74, 6) is 0. The number of rotatable bonds is 4. The predicted molar refractivity (Wildman–Crippen MR) is 68.5 cm³/mol. The van der Waals surface area contributed by atoms with Crippen LogP contribution in [-0.4, -0.2) is 4.98 Å². The van der Waals surface area contributed by atoms with Crippen LogP contribution < -0.4 is 5.32 Å². The van der Waals surface area contributed by atoms with Crippen molar-refractivity contribution in [2.45, 2.75) is 26.4 Å². The molecule has 1 aromatic heterocycles. The molecule has 3 heteroatoms. The number of nitrogens with zero attached hydrogens (tertiary/aromatic N) is 1. The Bertz CT molecular complexity index is 436. The topological polar surface area (TPSA) is 24.9 Å². The molecular weight excluding hydrogens is 216 g/mol. The van der Waals surface area contributed by atoms with Crippen LogP contribution in [-0.2, 0) is 6.54 Å². The Morgan fingerprint density at radius 2 is 2.06 bits per heavy atom. The van der Waals surface area contributed by atoms with Crippen molar-refractivity contribution in [1.29, 1.82) is 0 Å². The molecule has 1 aromatic carbocycles. The van der Waals surface area contributed by atoms with Gasteiger partial charge in [-0.15, -0.1) is 11.3 Å². The van der Waals surface area contributed by atoms with Crippen LogP contribution in [0.1, 0.15) is 29.2 Å². The highest BCUT2D eigenvalue weighted by Crippen LogP contribution is 2.17. The van der Waals surface area contributed by atoms with E-state index in [0.717, 1.165) is 17.2 Å². The fourth-order valence-electron chi connectivity index (χ4n) is 1.53. The van der Waals surface area contributed by atoms with Crippen molar-refractivity contribution >= 4 is 11.3 Å². The van der Waals surface area contributed by atoms with Crippen molar-refractivity contribution in [2.75, 3.05) is 0 Å². The third-order valence-electron chi connectivity index (χ3n) is 2.46. The Balaban J connectivity index is 1.91. The molecule has 2 nitrogen and oxygen atoms in total. The van der Waals surface area contributed by atoms with Gasteiger partial charge in [-0.05, 0) is 19.4 Å². The molecule has 16 heavy (non-hydrogen) atoms. The van der Waals surface area contributed by atoms with Gasteiger partial charge in [0.05, 0.1) is 6.04 Å². The molecule has 0 aliphatic rings. The summed E-state index contributed by atoms with van der Waals surface area (Å²) < 4.78 is 0. The van der Waals surface area contributed by atoms with E-state index in [-0.39, 0.29) is 0 Å². The van der Waals surface area contributed by atoms with E-state index < -0.39 is 0 Å². The third-order valence-corrected chi connectivity index (χ3v) is 3.61. The molecule has 0 saturated carbocycles. The molecule has 0 fully saturated rings. The summed E-state index contributed by atoms with van der Waals surface area (Å²) >= 11 is 1.72. The van der Waals surface area contributed by atoms with Crippen LogP contribution in [0.2, 0.25) is 0 Å². The normalized spacial score (nSPS) is 12.6. The monoisotopic (exact) mass is 232 g/mol. The second-order valence-electron chi connectivity index (χ2n) is 3.92. The molecule has 0 amide bonds. The van der Waals surface area contributed by atoms with E-state index in [9.17, 15) is 0 Å². The Kier molecular flexibility index (Phi) is 3.70. The lowest BCUT2D eigenvalue weighted by atomic mass is 10.2. The largest absolute Gasteiger partial charge is 0.304 e. The summed E-state index contributed by atoms with van der Waals surface area (Å²) in [5.41, 5.74) is 2.41. The second kappa shape index (κ2) is 5.23. The minimum Gasteiger partial charge on any atom is -0.304 e. The highest BCUT2D eigenvalue weighted by Gasteiger charge is 2.08. The molecule has 0 bridgehead atoms. The molecule has 0 saturated heterocycles. The highest BCUT2D eigenvalue weighted by atomic mass is 32.1. The van der Waals surface area contributed by atoms with Crippen molar-refractivity contribution < 1.29 is 0 Å². The molecule has 0 radical (unpaired) electrons. The number of aryl methyl sites for hydroxylation is 1. The first-order valence-corrected chi connectivity index (χ1v) is 6.33. The Hall–Kier alpha value is -1.19. The molecule has 0 aliphatic heterocycles. The number of thiazole rings is 1. The lowest BCUT2D eigenvalue weighted by Crippen LogP contribution is -2.17. The highest BCUT2D eigenvalue weighted by molar-refractivity contribution is 7.09. The Labute approximate surface area is 100 Å². The standard InChI is InChI=1S/C13H16N2S/c1-10-9-16-13(15-10)11(2)14-8-12-6-4-3-5-7-12/h3-7,9,11,14H,8H2,1-2H3. The molecule has 1 atom stereocenters. The molecule has 0 spiro atoms. The van der Waals surface area contributed by atoms with Gasteiger partial charge in [0.25, 0.3) is 0 Å². The van der Waals surface area contributed by atoms with Crippen molar-refractivity contribution in [2.24, 2.45) is 0 Å². The van der Waals surface area contributed by atoms with Crippen molar-refractivity contribution in [3.8, 4) is 0 Å². The van der Waals surface area contributed by atoms with Crippen molar-refractivity contribution in [3.63, 3.8) is 0 Å². The van der Waals surface area contributed by atoms with E-state index in [1.165, 1.54) is 5.56 Å². The molecule has 2 aromatic rings. The summed E-state index contributed by atoms with van der Waals surface area (Å²) in [6.07, 6.45) is 0. The summed E-state index contributed by atoms with van der Waals surface area (Å²) in [5, 5.41) is 6.73. The zero-order valence-corrected chi connectivity index (χ0v) is 10.4. The van der Waals surface area contributed by atoms with Crippen LogP contribution in [0.15, 0.2) is 35.7 Å². The van der Waals surface area contributed by atoms with E-state index in [1.807, 2.05) is 13.0 Å².